The smallest absolute Gasteiger partial charge is 0.373 e. The summed E-state index contributed by atoms with van der Waals surface area (Å²) in [5.74, 6) is -0.500. The first-order chi connectivity index (χ1) is 9.26. The van der Waals surface area contributed by atoms with E-state index in [1.165, 1.54) is 16.8 Å². The molecule has 1 atom stereocenters. The molecule has 0 aliphatic carbocycles. The van der Waals surface area contributed by atoms with Crippen molar-refractivity contribution in [3.8, 4) is 0 Å². The quantitative estimate of drug-likeness (QED) is 0.804. The third kappa shape index (κ3) is 3.17. The summed E-state index contributed by atoms with van der Waals surface area (Å²) in [6, 6.07) is 1.22. The van der Waals surface area contributed by atoms with E-state index in [0.717, 1.165) is 0 Å². The highest BCUT2D eigenvalue weighted by atomic mass is 16.6. The number of carbonyl (C=O) groups excluding carboxylic acids is 1. The fourth-order valence-corrected chi connectivity index (χ4v) is 1.73. The fourth-order valence-electron chi connectivity index (χ4n) is 1.73. The van der Waals surface area contributed by atoms with E-state index < -0.39 is 29.0 Å². The maximum atomic E-state index is 11.8. The van der Waals surface area contributed by atoms with Gasteiger partial charge in [0.2, 0.25) is 5.76 Å². The zero-order valence-electron chi connectivity index (χ0n) is 11.5. The molecule has 0 radical (unpaired) electrons. The molecular weight excluding hydrogens is 264 g/mol. The maximum Gasteiger partial charge on any atom is 0.373 e. The Morgan fingerprint density at radius 1 is 1.45 bits per heavy atom. The van der Waals surface area contributed by atoms with Crippen LogP contribution in [0.25, 0.3) is 0 Å². The van der Waals surface area contributed by atoms with E-state index in [1.54, 1.807) is 26.8 Å². The van der Waals surface area contributed by atoms with Crippen molar-refractivity contribution in [2.24, 2.45) is 0 Å². The van der Waals surface area contributed by atoms with Gasteiger partial charge in [-0.2, -0.15) is 0 Å². The summed E-state index contributed by atoms with van der Waals surface area (Å²) in [4.78, 5) is 36.6. The van der Waals surface area contributed by atoms with Crippen molar-refractivity contribution in [1.29, 1.82) is 0 Å². The second kappa shape index (κ2) is 4.99. The average Bonchev–Trinajstić information content (AvgIpc) is 2.75. The molecule has 2 rings (SSSR count). The van der Waals surface area contributed by atoms with E-state index in [1.807, 2.05) is 0 Å². The molecule has 1 aliphatic rings. The van der Waals surface area contributed by atoms with Crippen molar-refractivity contribution in [2.75, 3.05) is 0 Å². The van der Waals surface area contributed by atoms with Gasteiger partial charge in [0, 0.05) is 18.7 Å². The minimum atomic E-state index is -0.651. The molecule has 0 bridgehead atoms. The van der Waals surface area contributed by atoms with Crippen LogP contribution in [0.1, 0.15) is 33.4 Å². The van der Waals surface area contributed by atoms with Crippen molar-refractivity contribution in [2.45, 2.75) is 39.0 Å². The summed E-state index contributed by atoms with van der Waals surface area (Å²) in [5.41, 5.74) is -1.68. The molecule has 1 aromatic heterocycles. The lowest BCUT2D eigenvalue weighted by Crippen LogP contribution is -2.32. The predicted molar refractivity (Wildman–Crippen MR) is 70.0 cm³/mol. The molecule has 0 fully saturated rings. The lowest BCUT2D eigenvalue weighted by atomic mass is 10.2. The number of aromatic nitrogens is 2. The number of carbonyl (C=O) groups is 1. The number of hydrogen-bond donors (Lipinski definition) is 1. The zero-order chi connectivity index (χ0) is 14.9. The van der Waals surface area contributed by atoms with Gasteiger partial charge in [-0.3, -0.25) is 14.3 Å². The second-order valence-electron chi connectivity index (χ2n) is 5.40. The third-order valence-corrected chi connectivity index (χ3v) is 2.53. The Labute approximate surface area is 114 Å². The van der Waals surface area contributed by atoms with E-state index in [4.69, 9.17) is 9.47 Å². The molecule has 1 aromatic rings. The molecule has 0 aromatic carbocycles. The molecule has 0 amide bonds. The number of H-pyrrole nitrogens is 1. The summed E-state index contributed by atoms with van der Waals surface area (Å²) >= 11 is 0. The molecule has 108 valence electrons. The van der Waals surface area contributed by atoms with Gasteiger partial charge in [0.25, 0.3) is 5.56 Å². The lowest BCUT2D eigenvalue weighted by molar-refractivity contribution is -0.155. The van der Waals surface area contributed by atoms with Crippen molar-refractivity contribution in [3.05, 3.63) is 44.9 Å². The molecule has 0 saturated heterocycles. The number of esters is 1. The van der Waals surface area contributed by atoms with Gasteiger partial charge in [0.05, 0.1) is 0 Å². The van der Waals surface area contributed by atoms with Crippen LogP contribution in [0.4, 0.5) is 0 Å². The largest absolute Gasteiger partial charge is 0.462 e. The van der Waals surface area contributed by atoms with E-state index in [2.05, 4.69) is 4.98 Å². The van der Waals surface area contributed by atoms with Gasteiger partial charge >= 0.3 is 11.7 Å². The van der Waals surface area contributed by atoms with E-state index in [-0.39, 0.29) is 5.76 Å². The molecular formula is C13H16N2O5. The van der Waals surface area contributed by atoms with Crippen LogP contribution in [-0.2, 0) is 14.3 Å². The van der Waals surface area contributed by atoms with Crippen LogP contribution in [0, 0.1) is 0 Å². The van der Waals surface area contributed by atoms with Gasteiger partial charge in [-0.25, -0.2) is 9.59 Å². The highest BCUT2D eigenvalue weighted by Gasteiger charge is 2.28. The SMILES string of the molecule is CC(C)(C)OC(=O)C1=CC[C@H](n2ccc(=O)[nH]c2=O)O1. The normalized spacial score (nSPS) is 18.4. The second-order valence-corrected chi connectivity index (χ2v) is 5.40. The Balaban J connectivity index is 2.10. The van der Waals surface area contributed by atoms with E-state index >= 15 is 0 Å². The van der Waals surface area contributed by atoms with E-state index in [0.29, 0.717) is 6.42 Å². The van der Waals surface area contributed by atoms with Crippen LogP contribution in [0.2, 0.25) is 0 Å². The predicted octanol–water partition coefficient (Wildman–Crippen LogP) is 0.681. The van der Waals surface area contributed by atoms with Gasteiger partial charge in [0.1, 0.15) is 5.60 Å². The average molecular weight is 280 g/mol. The molecule has 7 nitrogen and oxygen atoms in total. The first-order valence-corrected chi connectivity index (χ1v) is 6.18. The molecule has 1 N–H and O–H groups in total. The molecule has 2 heterocycles. The number of ether oxygens (including phenoxy) is 2. The zero-order valence-corrected chi connectivity index (χ0v) is 11.5. The Morgan fingerprint density at radius 2 is 2.15 bits per heavy atom. The van der Waals surface area contributed by atoms with Gasteiger partial charge in [-0.1, -0.05) is 0 Å². The van der Waals surface area contributed by atoms with Crippen molar-refractivity contribution >= 4 is 5.97 Å². The topological polar surface area (TPSA) is 90.4 Å². The molecule has 7 heteroatoms. The van der Waals surface area contributed by atoms with Gasteiger partial charge in [0.15, 0.2) is 6.23 Å². The number of rotatable bonds is 2. The first-order valence-electron chi connectivity index (χ1n) is 6.18. The van der Waals surface area contributed by atoms with Crippen molar-refractivity contribution < 1.29 is 14.3 Å². The van der Waals surface area contributed by atoms with Gasteiger partial charge < -0.3 is 9.47 Å². The molecule has 0 spiro atoms. The van der Waals surface area contributed by atoms with Crippen LogP contribution in [0.15, 0.2) is 33.7 Å². The summed E-state index contributed by atoms with van der Waals surface area (Å²) in [6.45, 7) is 5.26. The van der Waals surface area contributed by atoms with Crippen LogP contribution in [-0.4, -0.2) is 21.1 Å². The Bertz CT molecular complexity index is 662. The van der Waals surface area contributed by atoms with Gasteiger partial charge in [-0.15, -0.1) is 0 Å². The first kappa shape index (κ1) is 14.1. The summed E-state index contributed by atoms with van der Waals surface area (Å²) in [5, 5.41) is 0. The Kier molecular flexibility index (Phi) is 3.52. The van der Waals surface area contributed by atoms with Gasteiger partial charge in [-0.05, 0) is 26.8 Å². The minimum Gasteiger partial charge on any atom is -0.462 e. The third-order valence-electron chi connectivity index (χ3n) is 2.53. The lowest BCUT2D eigenvalue weighted by Gasteiger charge is -2.20. The number of nitrogens with one attached hydrogen (secondary N) is 1. The molecule has 0 saturated carbocycles. The standard InChI is InChI=1S/C13H16N2O5/c1-13(2,3)20-11(17)8-4-5-10(19-8)15-7-6-9(16)14-12(15)18/h4,6-7,10H,5H2,1-3H3,(H,14,16,18)/t10-/m1/s1. The minimum absolute atomic E-state index is 0.0722. The fraction of sp³-hybridized carbons (Fsp3) is 0.462. The Morgan fingerprint density at radius 3 is 2.75 bits per heavy atom. The number of nitrogens with zero attached hydrogens (tertiary/aromatic N) is 1. The highest BCUT2D eigenvalue weighted by Crippen LogP contribution is 2.26. The summed E-state index contributed by atoms with van der Waals surface area (Å²) in [6.07, 6.45) is 2.59. The Hall–Kier alpha value is -2.31. The number of aromatic amines is 1. The summed E-state index contributed by atoms with van der Waals surface area (Å²) in [7, 11) is 0. The van der Waals surface area contributed by atoms with E-state index in [9.17, 15) is 14.4 Å². The van der Waals surface area contributed by atoms with Crippen LogP contribution in [0.5, 0.6) is 0 Å². The molecule has 20 heavy (non-hydrogen) atoms. The molecule has 1 aliphatic heterocycles. The maximum absolute atomic E-state index is 11.8. The van der Waals surface area contributed by atoms with Crippen LogP contribution in [0.3, 0.4) is 0 Å². The monoisotopic (exact) mass is 280 g/mol. The highest BCUT2D eigenvalue weighted by molar-refractivity contribution is 5.86. The summed E-state index contributed by atoms with van der Waals surface area (Å²) < 4.78 is 11.8. The van der Waals surface area contributed by atoms with Crippen molar-refractivity contribution in [3.63, 3.8) is 0 Å². The van der Waals surface area contributed by atoms with Crippen LogP contribution < -0.4 is 11.2 Å². The number of hydrogen-bond acceptors (Lipinski definition) is 5. The van der Waals surface area contributed by atoms with Crippen LogP contribution >= 0.6 is 0 Å². The molecule has 0 unspecified atom stereocenters. The van der Waals surface area contributed by atoms with Crippen molar-refractivity contribution in [1.82, 2.24) is 9.55 Å².